The Labute approximate surface area is 107 Å². The van der Waals surface area contributed by atoms with Gasteiger partial charge in [-0.15, -0.1) is 0 Å². The van der Waals surface area contributed by atoms with Gasteiger partial charge in [0.15, 0.2) is 0 Å². The van der Waals surface area contributed by atoms with Gasteiger partial charge >= 0.3 is 0 Å². The van der Waals surface area contributed by atoms with Crippen LogP contribution in [0.4, 0.5) is 0 Å². The number of rotatable bonds is 0. The Morgan fingerprint density at radius 3 is 2.71 bits per heavy atom. The zero-order chi connectivity index (χ0) is 11.2. The van der Waals surface area contributed by atoms with E-state index in [0.29, 0.717) is 0 Å². The maximum Gasteiger partial charge on any atom is -0.0321 e. The molecule has 0 heterocycles. The molecule has 0 aromatic heterocycles. The summed E-state index contributed by atoms with van der Waals surface area (Å²) in [6.07, 6.45) is 19.0. The van der Waals surface area contributed by atoms with Gasteiger partial charge in [0, 0.05) is 0 Å². The molecule has 4 aliphatic carbocycles. The molecule has 17 heavy (non-hydrogen) atoms. The van der Waals surface area contributed by atoms with E-state index in [0.717, 1.165) is 35.5 Å². The Hall–Kier alpha value is 0. The normalized spacial score (nSPS) is 53.6. The molecular weight excluding hydrogens is 204 g/mol. The smallest absolute Gasteiger partial charge is 0.0321 e. The van der Waals surface area contributed by atoms with E-state index in [-0.39, 0.29) is 0 Å². The Morgan fingerprint density at radius 2 is 1.71 bits per heavy atom. The lowest BCUT2D eigenvalue weighted by molar-refractivity contribution is 0.0200. The Bertz CT molecular complexity index is 282. The van der Waals surface area contributed by atoms with E-state index < -0.39 is 0 Å². The van der Waals surface area contributed by atoms with Crippen LogP contribution in [0.5, 0.6) is 0 Å². The predicted octanol–water partition coefficient (Wildman–Crippen LogP) is 4.66. The van der Waals surface area contributed by atoms with Gasteiger partial charge < -0.3 is 0 Å². The van der Waals surface area contributed by atoms with Gasteiger partial charge in [-0.25, -0.2) is 0 Å². The summed E-state index contributed by atoms with van der Waals surface area (Å²) >= 11 is 0. The first-order valence-corrected chi connectivity index (χ1v) is 8.08. The summed E-state index contributed by atoms with van der Waals surface area (Å²) in [7, 11) is 0. The van der Waals surface area contributed by atoms with E-state index in [1.165, 1.54) is 32.1 Å². The SMILES string of the molecule is [CH]1CCC2C(C1)C[CH]C1C3CCCC3CCC12. The van der Waals surface area contributed by atoms with Crippen molar-refractivity contribution in [3.63, 3.8) is 0 Å². The molecule has 0 amide bonds. The molecule has 4 fully saturated rings. The molecule has 6 atom stereocenters. The van der Waals surface area contributed by atoms with Gasteiger partial charge in [0.2, 0.25) is 0 Å². The maximum atomic E-state index is 2.78. The number of hydrogen-bond donors (Lipinski definition) is 0. The topological polar surface area (TPSA) is 0 Å². The third kappa shape index (κ3) is 1.70. The molecule has 94 valence electrons. The van der Waals surface area contributed by atoms with Crippen LogP contribution in [0.25, 0.3) is 0 Å². The third-order valence-corrected chi connectivity index (χ3v) is 6.62. The fourth-order valence-electron chi connectivity index (χ4n) is 5.92. The number of hydrogen-bond acceptors (Lipinski definition) is 0. The van der Waals surface area contributed by atoms with Crippen molar-refractivity contribution in [2.45, 2.75) is 57.8 Å². The van der Waals surface area contributed by atoms with Crippen LogP contribution in [0.1, 0.15) is 57.8 Å². The van der Waals surface area contributed by atoms with Gasteiger partial charge in [0.1, 0.15) is 0 Å². The molecule has 0 heteroatoms. The largest absolute Gasteiger partial charge is 0.0527 e. The van der Waals surface area contributed by atoms with Gasteiger partial charge in [-0.05, 0) is 93.3 Å². The lowest BCUT2D eigenvalue weighted by Crippen LogP contribution is -2.43. The maximum absolute atomic E-state index is 2.78. The monoisotopic (exact) mass is 230 g/mol. The van der Waals surface area contributed by atoms with Crippen molar-refractivity contribution in [1.82, 2.24) is 0 Å². The van der Waals surface area contributed by atoms with Crippen LogP contribution >= 0.6 is 0 Å². The zero-order valence-corrected chi connectivity index (χ0v) is 11.0. The standard InChI is InChI=1S/C17H26/c1-2-6-14-12(4-1)8-10-17-15-7-3-5-13(15)9-11-16(14)17/h1,10,12-17H,2-9,11H2. The van der Waals surface area contributed by atoms with Crippen LogP contribution in [-0.2, 0) is 0 Å². The molecule has 4 aliphatic rings. The second-order valence-electron chi connectivity index (χ2n) is 7.17. The lowest BCUT2D eigenvalue weighted by atomic mass is 9.54. The Kier molecular flexibility index (Phi) is 2.74. The van der Waals surface area contributed by atoms with Crippen LogP contribution in [0, 0.1) is 48.3 Å². The van der Waals surface area contributed by atoms with Crippen molar-refractivity contribution < 1.29 is 0 Å². The molecule has 4 saturated carbocycles. The molecular formula is C17H26. The summed E-state index contributed by atoms with van der Waals surface area (Å²) in [6, 6.07) is 0. The fourth-order valence-corrected chi connectivity index (χ4v) is 5.92. The minimum absolute atomic E-state index is 1.04. The summed E-state index contributed by atoms with van der Waals surface area (Å²) in [4.78, 5) is 0. The molecule has 0 N–H and O–H groups in total. The first-order chi connectivity index (χ1) is 8.43. The zero-order valence-electron chi connectivity index (χ0n) is 11.0. The fraction of sp³-hybridized carbons (Fsp3) is 0.882. The first-order valence-electron chi connectivity index (χ1n) is 8.08. The summed E-state index contributed by atoms with van der Waals surface area (Å²) in [5.41, 5.74) is 0. The summed E-state index contributed by atoms with van der Waals surface area (Å²) in [6.45, 7) is 0. The van der Waals surface area contributed by atoms with Crippen molar-refractivity contribution in [2.24, 2.45) is 35.5 Å². The first kappa shape index (κ1) is 10.9. The van der Waals surface area contributed by atoms with Crippen LogP contribution in [0.15, 0.2) is 0 Å². The predicted molar refractivity (Wildman–Crippen MR) is 71.1 cm³/mol. The quantitative estimate of drug-likeness (QED) is 0.568. The Morgan fingerprint density at radius 1 is 0.706 bits per heavy atom. The second-order valence-corrected chi connectivity index (χ2v) is 7.17. The van der Waals surface area contributed by atoms with Gasteiger partial charge in [0.25, 0.3) is 0 Å². The Balaban J connectivity index is 1.56. The van der Waals surface area contributed by atoms with Gasteiger partial charge in [0.05, 0.1) is 0 Å². The summed E-state index contributed by atoms with van der Waals surface area (Å²) in [5, 5.41) is 0. The van der Waals surface area contributed by atoms with E-state index >= 15 is 0 Å². The lowest BCUT2D eigenvalue weighted by Gasteiger charge is -2.51. The second kappa shape index (κ2) is 4.28. The van der Waals surface area contributed by atoms with Crippen molar-refractivity contribution in [3.8, 4) is 0 Å². The molecule has 0 aromatic carbocycles. The molecule has 0 saturated heterocycles. The minimum Gasteiger partial charge on any atom is -0.0527 e. The molecule has 2 radical (unpaired) electrons. The number of fused-ring (bicyclic) bond motifs is 5. The van der Waals surface area contributed by atoms with Crippen molar-refractivity contribution >= 4 is 0 Å². The van der Waals surface area contributed by atoms with E-state index in [2.05, 4.69) is 12.8 Å². The molecule has 0 aliphatic heterocycles. The molecule has 6 unspecified atom stereocenters. The van der Waals surface area contributed by atoms with Crippen molar-refractivity contribution in [2.75, 3.05) is 0 Å². The average molecular weight is 230 g/mol. The highest BCUT2D eigenvalue weighted by atomic mass is 14.5. The van der Waals surface area contributed by atoms with Crippen LogP contribution in [0.3, 0.4) is 0 Å². The van der Waals surface area contributed by atoms with Gasteiger partial charge in [-0.2, -0.15) is 0 Å². The van der Waals surface area contributed by atoms with Crippen LogP contribution < -0.4 is 0 Å². The minimum atomic E-state index is 1.04. The van der Waals surface area contributed by atoms with Gasteiger partial charge in [-0.1, -0.05) is 12.8 Å². The molecule has 0 nitrogen and oxygen atoms in total. The van der Waals surface area contributed by atoms with E-state index in [1.807, 2.05) is 0 Å². The summed E-state index contributed by atoms with van der Waals surface area (Å²) in [5.74, 6) is 6.52. The molecule has 4 rings (SSSR count). The van der Waals surface area contributed by atoms with Crippen molar-refractivity contribution in [3.05, 3.63) is 12.8 Å². The van der Waals surface area contributed by atoms with E-state index in [1.54, 1.807) is 25.7 Å². The van der Waals surface area contributed by atoms with Crippen LogP contribution in [-0.4, -0.2) is 0 Å². The van der Waals surface area contributed by atoms with Crippen molar-refractivity contribution in [1.29, 1.82) is 0 Å². The highest BCUT2D eigenvalue weighted by Crippen LogP contribution is 2.57. The molecule has 0 spiro atoms. The van der Waals surface area contributed by atoms with E-state index in [4.69, 9.17) is 0 Å². The summed E-state index contributed by atoms with van der Waals surface area (Å²) < 4.78 is 0. The van der Waals surface area contributed by atoms with Gasteiger partial charge in [-0.3, -0.25) is 0 Å². The average Bonchev–Trinajstić information content (AvgIpc) is 2.86. The van der Waals surface area contributed by atoms with Crippen LogP contribution in [0.2, 0.25) is 0 Å². The third-order valence-electron chi connectivity index (χ3n) is 6.62. The molecule has 0 bridgehead atoms. The highest BCUT2D eigenvalue weighted by Gasteiger charge is 2.48. The van der Waals surface area contributed by atoms with E-state index in [9.17, 15) is 0 Å². The molecule has 0 aromatic rings. The highest BCUT2D eigenvalue weighted by molar-refractivity contribution is 5.05.